The van der Waals surface area contributed by atoms with E-state index < -0.39 is 0 Å². The van der Waals surface area contributed by atoms with E-state index >= 15 is 0 Å². The zero-order chi connectivity index (χ0) is 12.3. The van der Waals surface area contributed by atoms with Gasteiger partial charge in [0, 0.05) is 18.7 Å². The highest BCUT2D eigenvalue weighted by Gasteiger charge is 2.31. The molecule has 0 aromatic rings. The summed E-state index contributed by atoms with van der Waals surface area (Å²) in [5.74, 6) is 0.0381. The van der Waals surface area contributed by atoms with Crippen LogP contribution in [0, 0.1) is 5.92 Å². The first-order valence-electron chi connectivity index (χ1n) is 6.66. The SMILES string of the molecule is COC(=O)C1CCCC(NC2CCOC2C)C1. The van der Waals surface area contributed by atoms with Gasteiger partial charge in [-0.05, 0) is 32.6 Å². The zero-order valence-electron chi connectivity index (χ0n) is 10.8. The van der Waals surface area contributed by atoms with E-state index in [1.54, 1.807) is 0 Å². The Morgan fingerprint density at radius 3 is 2.82 bits per heavy atom. The molecular formula is C13H23NO3. The number of hydrogen-bond acceptors (Lipinski definition) is 4. The van der Waals surface area contributed by atoms with Crippen LogP contribution in [0.5, 0.6) is 0 Å². The average molecular weight is 241 g/mol. The highest BCUT2D eigenvalue weighted by molar-refractivity contribution is 5.72. The average Bonchev–Trinajstić information content (AvgIpc) is 2.74. The molecule has 98 valence electrons. The van der Waals surface area contributed by atoms with Gasteiger partial charge in [-0.3, -0.25) is 4.79 Å². The maximum Gasteiger partial charge on any atom is 0.308 e. The molecule has 2 fully saturated rings. The van der Waals surface area contributed by atoms with Crippen LogP contribution in [0.15, 0.2) is 0 Å². The molecule has 0 aromatic heterocycles. The molecular weight excluding hydrogens is 218 g/mol. The van der Waals surface area contributed by atoms with Gasteiger partial charge in [0.25, 0.3) is 0 Å². The number of methoxy groups -OCH3 is 1. The standard InChI is InChI=1S/C13H23NO3/c1-9-12(6-7-17-9)14-11-5-3-4-10(8-11)13(15)16-2/h9-12,14H,3-8H2,1-2H3. The number of rotatable bonds is 3. The van der Waals surface area contributed by atoms with Crippen LogP contribution in [0.4, 0.5) is 0 Å². The van der Waals surface area contributed by atoms with Crippen molar-refractivity contribution in [2.45, 2.75) is 57.2 Å². The molecule has 2 rings (SSSR count). The lowest BCUT2D eigenvalue weighted by Gasteiger charge is -2.31. The summed E-state index contributed by atoms with van der Waals surface area (Å²) in [5, 5.41) is 3.64. The van der Waals surface area contributed by atoms with E-state index in [1.165, 1.54) is 7.11 Å². The Bertz CT molecular complexity index is 269. The van der Waals surface area contributed by atoms with Gasteiger partial charge in [0.05, 0.1) is 19.1 Å². The van der Waals surface area contributed by atoms with Gasteiger partial charge in [-0.25, -0.2) is 0 Å². The largest absolute Gasteiger partial charge is 0.469 e. The second kappa shape index (κ2) is 5.83. The van der Waals surface area contributed by atoms with Gasteiger partial charge in [0.15, 0.2) is 0 Å². The summed E-state index contributed by atoms with van der Waals surface area (Å²) in [6, 6.07) is 0.901. The maximum atomic E-state index is 11.5. The predicted octanol–water partition coefficient (Wildman–Crippen LogP) is 1.49. The zero-order valence-corrected chi connectivity index (χ0v) is 10.8. The molecule has 1 aliphatic heterocycles. The Morgan fingerprint density at radius 1 is 1.35 bits per heavy atom. The van der Waals surface area contributed by atoms with Crippen molar-refractivity contribution in [3.05, 3.63) is 0 Å². The Kier molecular flexibility index (Phi) is 4.40. The van der Waals surface area contributed by atoms with Crippen molar-refractivity contribution in [2.24, 2.45) is 5.92 Å². The van der Waals surface area contributed by atoms with Gasteiger partial charge < -0.3 is 14.8 Å². The first-order valence-corrected chi connectivity index (χ1v) is 6.66. The highest BCUT2D eigenvalue weighted by atomic mass is 16.5. The molecule has 1 aliphatic carbocycles. The summed E-state index contributed by atoms with van der Waals surface area (Å²) >= 11 is 0. The molecule has 1 N–H and O–H groups in total. The van der Waals surface area contributed by atoms with E-state index in [-0.39, 0.29) is 11.9 Å². The summed E-state index contributed by atoms with van der Waals surface area (Å²) in [5.41, 5.74) is 0. The van der Waals surface area contributed by atoms with E-state index in [0.717, 1.165) is 38.7 Å². The quantitative estimate of drug-likeness (QED) is 0.760. The Balaban J connectivity index is 1.82. The minimum atomic E-state index is -0.0489. The summed E-state index contributed by atoms with van der Waals surface area (Å²) in [7, 11) is 1.48. The van der Waals surface area contributed by atoms with Crippen molar-refractivity contribution in [3.8, 4) is 0 Å². The summed E-state index contributed by atoms with van der Waals surface area (Å²) in [6.45, 7) is 2.97. The fourth-order valence-corrected chi connectivity index (χ4v) is 2.98. The van der Waals surface area contributed by atoms with E-state index in [4.69, 9.17) is 9.47 Å². The first-order chi connectivity index (χ1) is 8.20. The lowest BCUT2D eigenvalue weighted by Crippen LogP contribution is -2.45. The molecule has 0 amide bonds. The number of carbonyl (C=O) groups is 1. The lowest BCUT2D eigenvalue weighted by atomic mass is 9.85. The normalized spacial score (nSPS) is 38.0. The van der Waals surface area contributed by atoms with Crippen molar-refractivity contribution in [3.63, 3.8) is 0 Å². The Labute approximate surface area is 103 Å². The van der Waals surface area contributed by atoms with E-state index in [1.807, 2.05) is 0 Å². The summed E-state index contributed by atoms with van der Waals surface area (Å²) in [4.78, 5) is 11.5. The van der Waals surface area contributed by atoms with Crippen molar-refractivity contribution in [1.82, 2.24) is 5.32 Å². The molecule has 0 aromatic carbocycles. The van der Waals surface area contributed by atoms with Crippen molar-refractivity contribution >= 4 is 5.97 Å². The third-order valence-electron chi connectivity index (χ3n) is 4.03. The first kappa shape index (κ1) is 12.8. The molecule has 0 bridgehead atoms. The van der Waals surface area contributed by atoms with Crippen molar-refractivity contribution in [1.29, 1.82) is 0 Å². The van der Waals surface area contributed by atoms with Crippen LogP contribution in [-0.4, -0.2) is 37.9 Å². The molecule has 0 radical (unpaired) electrons. The second-order valence-electron chi connectivity index (χ2n) is 5.22. The minimum absolute atomic E-state index is 0.0489. The van der Waals surface area contributed by atoms with Crippen LogP contribution < -0.4 is 5.32 Å². The van der Waals surface area contributed by atoms with Crippen molar-refractivity contribution < 1.29 is 14.3 Å². The second-order valence-corrected chi connectivity index (χ2v) is 5.22. The number of nitrogens with one attached hydrogen (secondary N) is 1. The summed E-state index contributed by atoms with van der Waals surface area (Å²) < 4.78 is 10.4. The van der Waals surface area contributed by atoms with Crippen LogP contribution in [0.2, 0.25) is 0 Å². The Morgan fingerprint density at radius 2 is 2.18 bits per heavy atom. The van der Waals surface area contributed by atoms with Gasteiger partial charge in [-0.15, -0.1) is 0 Å². The molecule has 4 heteroatoms. The molecule has 0 spiro atoms. The van der Waals surface area contributed by atoms with Gasteiger partial charge in [-0.1, -0.05) is 6.42 Å². The predicted molar refractivity (Wildman–Crippen MR) is 64.7 cm³/mol. The third-order valence-corrected chi connectivity index (χ3v) is 4.03. The molecule has 4 atom stereocenters. The van der Waals surface area contributed by atoms with Gasteiger partial charge in [-0.2, -0.15) is 0 Å². The molecule has 4 unspecified atom stereocenters. The third kappa shape index (κ3) is 3.19. The number of hydrogen-bond donors (Lipinski definition) is 1. The number of esters is 1. The smallest absolute Gasteiger partial charge is 0.308 e. The number of carbonyl (C=O) groups excluding carboxylic acids is 1. The molecule has 1 heterocycles. The van der Waals surface area contributed by atoms with E-state index in [2.05, 4.69) is 12.2 Å². The van der Waals surface area contributed by atoms with E-state index in [9.17, 15) is 4.79 Å². The van der Waals surface area contributed by atoms with E-state index in [0.29, 0.717) is 18.2 Å². The molecule has 2 aliphatic rings. The van der Waals surface area contributed by atoms with Crippen molar-refractivity contribution in [2.75, 3.05) is 13.7 Å². The van der Waals surface area contributed by atoms with Gasteiger partial charge >= 0.3 is 5.97 Å². The number of ether oxygens (including phenoxy) is 2. The molecule has 17 heavy (non-hydrogen) atoms. The molecule has 1 saturated heterocycles. The fraction of sp³-hybridized carbons (Fsp3) is 0.923. The van der Waals surface area contributed by atoms with Gasteiger partial charge in [0.2, 0.25) is 0 Å². The van der Waals surface area contributed by atoms with Gasteiger partial charge in [0.1, 0.15) is 0 Å². The molecule has 1 saturated carbocycles. The minimum Gasteiger partial charge on any atom is -0.469 e. The highest BCUT2D eigenvalue weighted by Crippen LogP contribution is 2.26. The Hall–Kier alpha value is -0.610. The van der Waals surface area contributed by atoms with Crippen LogP contribution in [0.25, 0.3) is 0 Å². The maximum absolute atomic E-state index is 11.5. The van der Waals surface area contributed by atoms with Crippen LogP contribution in [0.3, 0.4) is 0 Å². The topological polar surface area (TPSA) is 47.6 Å². The fourth-order valence-electron chi connectivity index (χ4n) is 2.98. The monoisotopic (exact) mass is 241 g/mol. The van der Waals surface area contributed by atoms with Crippen LogP contribution >= 0.6 is 0 Å². The lowest BCUT2D eigenvalue weighted by molar-refractivity contribution is -0.146. The summed E-state index contributed by atoms with van der Waals surface area (Å²) in [6.07, 6.45) is 5.54. The van der Waals surface area contributed by atoms with Crippen LogP contribution in [0.1, 0.15) is 39.0 Å². The van der Waals surface area contributed by atoms with Crippen LogP contribution in [-0.2, 0) is 14.3 Å². The molecule has 4 nitrogen and oxygen atoms in total.